The van der Waals surface area contributed by atoms with Crippen molar-refractivity contribution in [1.82, 2.24) is 4.72 Å². The SMILES string of the molecule is CC(C)=C1C(=O)Nc2ccc(S(=O)(=O)NCCc3ccc(C)cc3)cc21. The molecule has 2 N–H and O–H groups in total. The molecule has 0 radical (unpaired) electrons. The molecule has 0 saturated heterocycles. The second kappa shape index (κ2) is 7.05. The number of aryl methyl sites for hydroxylation is 1. The van der Waals surface area contributed by atoms with Crippen LogP contribution in [0.1, 0.15) is 30.5 Å². The Morgan fingerprint density at radius 1 is 1.08 bits per heavy atom. The second-order valence-corrected chi connectivity index (χ2v) is 8.44. The molecule has 1 heterocycles. The monoisotopic (exact) mass is 370 g/mol. The van der Waals surface area contributed by atoms with E-state index in [-0.39, 0.29) is 10.8 Å². The molecule has 26 heavy (non-hydrogen) atoms. The van der Waals surface area contributed by atoms with Gasteiger partial charge in [-0.2, -0.15) is 0 Å². The maximum Gasteiger partial charge on any atom is 0.256 e. The van der Waals surface area contributed by atoms with Crippen molar-refractivity contribution in [2.45, 2.75) is 32.1 Å². The molecule has 1 aliphatic rings. The highest BCUT2D eigenvalue weighted by Crippen LogP contribution is 2.35. The summed E-state index contributed by atoms with van der Waals surface area (Å²) in [6, 6.07) is 12.7. The molecule has 0 aliphatic carbocycles. The topological polar surface area (TPSA) is 75.3 Å². The number of anilines is 1. The summed E-state index contributed by atoms with van der Waals surface area (Å²) in [7, 11) is -3.64. The van der Waals surface area contributed by atoms with Crippen molar-refractivity contribution < 1.29 is 13.2 Å². The zero-order valence-electron chi connectivity index (χ0n) is 15.1. The number of carbonyl (C=O) groups is 1. The lowest BCUT2D eigenvalue weighted by molar-refractivity contribution is -0.110. The maximum absolute atomic E-state index is 12.6. The van der Waals surface area contributed by atoms with Gasteiger partial charge in [-0.05, 0) is 51.0 Å². The van der Waals surface area contributed by atoms with E-state index in [0.29, 0.717) is 29.8 Å². The van der Waals surface area contributed by atoms with Crippen LogP contribution in [0.25, 0.3) is 5.57 Å². The van der Waals surface area contributed by atoms with Crippen molar-refractivity contribution in [2.75, 3.05) is 11.9 Å². The van der Waals surface area contributed by atoms with Crippen molar-refractivity contribution in [3.8, 4) is 0 Å². The average Bonchev–Trinajstić information content (AvgIpc) is 2.91. The Morgan fingerprint density at radius 2 is 1.77 bits per heavy atom. The fourth-order valence-electron chi connectivity index (χ4n) is 2.98. The van der Waals surface area contributed by atoms with Crippen LogP contribution in [0.5, 0.6) is 0 Å². The van der Waals surface area contributed by atoms with Crippen LogP contribution in [0.3, 0.4) is 0 Å². The van der Waals surface area contributed by atoms with Crippen LogP contribution < -0.4 is 10.0 Å². The minimum Gasteiger partial charge on any atom is -0.321 e. The summed E-state index contributed by atoms with van der Waals surface area (Å²) in [5, 5.41) is 2.76. The molecule has 0 aromatic heterocycles. The molecule has 0 unspecified atom stereocenters. The normalized spacial score (nSPS) is 13.5. The van der Waals surface area contributed by atoms with E-state index in [1.54, 1.807) is 12.1 Å². The van der Waals surface area contributed by atoms with Gasteiger partial charge in [0.25, 0.3) is 5.91 Å². The molecule has 3 rings (SSSR count). The number of nitrogens with one attached hydrogen (secondary N) is 2. The molecule has 2 aromatic carbocycles. The van der Waals surface area contributed by atoms with E-state index >= 15 is 0 Å². The highest BCUT2D eigenvalue weighted by molar-refractivity contribution is 7.89. The van der Waals surface area contributed by atoms with Gasteiger partial charge in [0.05, 0.1) is 4.90 Å². The van der Waals surface area contributed by atoms with Gasteiger partial charge in [-0.3, -0.25) is 4.79 Å². The Balaban J connectivity index is 1.77. The summed E-state index contributed by atoms with van der Waals surface area (Å²) in [5.41, 5.74) is 4.92. The molecule has 136 valence electrons. The third kappa shape index (κ3) is 3.71. The predicted molar refractivity (Wildman–Crippen MR) is 103 cm³/mol. The van der Waals surface area contributed by atoms with Gasteiger partial charge < -0.3 is 5.32 Å². The van der Waals surface area contributed by atoms with Crippen LogP contribution in [0.15, 0.2) is 52.9 Å². The number of hydrogen-bond acceptors (Lipinski definition) is 3. The number of hydrogen-bond donors (Lipinski definition) is 2. The van der Waals surface area contributed by atoms with Gasteiger partial charge in [0.1, 0.15) is 0 Å². The zero-order valence-corrected chi connectivity index (χ0v) is 15.9. The second-order valence-electron chi connectivity index (χ2n) is 6.67. The van der Waals surface area contributed by atoms with E-state index in [2.05, 4.69) is 10.0 Å². The lowest BCUT2D eigenvalue weighted by Gasteiger charge is -2.09. The molecule has 0 fully saturated rings. The molecule has 5 nitrogen and oxygen atoms in total. The third-order valence-electron chi connectivity index (χ3n) is 4.37. The molecule has 0 atom stereocenters. The average molecular weight is 370 g/mol. The number of benzene rings is 2. The highest BCUT2D eigenvalue weighted by atomic mass is 32.2. The lowest BCUT2D eigenvalue weighted by Crippen LogP contribution is -2.26. The Hall–Kier alpha value is -2.44. The maximum atomic E-state index is 12.6. The van der Waals surface area contributed by atoms with Gasteiger partial charge in [-0.15, -0.1) is 0 Å². The van der Waals surface area contributed by atoms with Crippen LogP contribution in [-0.4, -0.2) is 20.9 Å². The number of amides is 1. The molecule has 1 amide bonds. The van der Waals surface area contributed by atoms with Gasteiger partial charge in [0, 0.05) is 23.4 Å². The van der Waals surface area contributed by atoms with Gasteiger partial charge >= 0.3 is 0 Å². The van der Waals surface area contributed by atoms with Crippen molar-refractivity contribution in [1.29, 1.82) is 0 Å². The predicted octanol–water partition coefficient (Wildman–Crippen LogP) is 3.26. The van der Waals surface area contributed by atoms with Gasteiger partial charge in [0.15, 0.2) is 0 Å². The summed E-state index contributed by atoms with van der Waals surface area (Å²) in [6.07, 6.45) is 0.615. The molecule has 1 aliphatic heterocycles. The molecule has 0 saturated carbocycles. The van der Waals surface area contributed by atoms with Crippen molar-refractivity contribution in [3.05, 3.63) is 64.7 Å². The van der Waals surface area contributed by atoms with E-state index in [1.165, 1.54) is 11.6 Å². The number of fused-ring (bicyclic) bond motifs is 1. The molecule has 0 spiro atoms. The zero-order chi connectivity index (χ0) is 18.9. The molecule has 0 bridgehead atoms. The first-order valence-electron chi connectivity index (χ1n) is 8.46. The Kier molecular flexibility index (Phi) is 4.98. The van der Waals surface area contributed by atoms with Crippen LogP contribution >= 0.6 is 0 Å². The Bertz CT molecular complexity index is 986. The fourth-order valence-corrected chi connectivity index (χ4v) is 4.04. The fraction of sp³-hybridized carbons (Fsp3) is 0.250. The van der Waals surface area contributed by atoms with Gasteiger partial charge in [-0.25, -0.2) is 13.1 Å². The van der Waals surface area contributed by atoms with E-state index in [1.807, 2.05) is 45.0 Å². The number of carbonyl (C=O) groups excluding carboxylic acids is 1. The third-order valence-corrected chi connectivity index (χ3v) is 5.83. The van der Waals surface area contributed by atoms with E-state index < -0.39 is 10.0 Å². The smallest absolute Gasteiger partial charge is 0.256 e. The minimum absolute atomic E-state index is 0.162. The molecule has 6 heteroatoms. The van der Waals surface area contributed by atoms with Crippen LogP contribution in [0.2, 0.25) is 0 Å². The first-order valence-corrected chi connectivity index (χ1v) is 9.95. The molecule has 2 aromatic rings. The summed E-state index contributed by atoms with van der Waals surface area (Å²) in [6.45, 7) is 6.01. The van der Waals surface area contributed by atoms with Crippen LogP contribution in [-0.2, 0) is 21.2 Å². The van der Waals surface area contributed by atoms with Crippen molar-refractivity contribution >= 4 is 27.2 Å². The van der Waals surface area contributed by atoms with Crippen LogP contribution in [0.4, 0.5) is 5.69 Å². The highest BCUT2D eigenvalue weighted by Gasteiger charge is 2.27. The quantitative estimate of drug-likeness (QED) is 0.793. The Labute approximate surface area is 154 Å². The summed E-state index contributed by atoms with van der Waals surface area (Å²) < 4.78 is 27.8. The lowest BCUT2D eigenvalue weighted by atomic mass is 10.0. The van der Waals surface area contributed by atoms with Crippen LogP contribution in [0, 0.1) is 6.92 Å². The summed E-state index contributed by atoms with van der Waals surface area (Å²) >= 11 is 0. The van der Waals surface area contributed by atoms with Crippen molar-refractivity contribution in [2.24, 2.45) is 0 Å². The molecular formula is C20H22N2O3S. The van der Waals surface area contributed by atoms with E-state index in [9.17, 15) is 13.2 Å². The number of rotatable bonds is 5. The first-order chi connectivity index (χ1) is 12.3. The van der Waals surface area contributed by atoms with Gasteiger partial charge in [0.2, 0.25) is 10.0 Å². The number of allylic oxidation sites excluding steroid dienone is 1. The molecular weight excluding hydrogens is 348 g/mol. The first kappa shape index (κ1) is 18.4. The van der Waals surface area contributed by atoms with Gasteiger partial charge in [-0.1, -0.05) is 35.4 Å². The van der Waals surface area contributed by atoms with E-state index in [4.69, 9.17) is 0 Å². The Morgan fingerprint density at radius 3 is 2.42 bits per heavy atom. The van der Waals surface area contributed by atoms with Crippen molar-refractivity contribution in [3.63, 3.8) is 0 Å². The minimum atomic E-state index is -3.64. The standard InChI is InChI=1S/C20H22N2O3S/c1-13(2)19-17-12-16(8-9-18(17)22-20(19)23)26(24,25)21-11-10-15-6-4-14(3)5-7-15/h4-9,12,21H,10-11H2,1-3H3,(H,22,23). The number of sulfonamides is 1. The van der Waals surface area contributed by atoms with E-state index in [0.717, 1.165) is 11.1 Å². The summed E-state index contributed by atoms with van der Waals surface area (Å²) in [5.74, 6) is -0.193. The largest absolute Gasteiger partial charge is 0.321 e. The summed E-state index contributed by atoms with van der Waals surface area (Å²) in [4.78, 5) is 12.2.